The molecule has 2 unspecified atom stereocenters. The van der Waals surface area contributed by atoms with E-state index in [0.717, 1.165) is 12.8 Å². The van der Waals surface area contributed by atoms with Crippen molar-refractivity contribution in [3.8, 4) is 0 Å². The molecule has 0 bridgehead atoms. The summed E-state index contributed by atoms with van der Waals surface area (Å²) in [5, 5.41) is 0. The molecule has 0 aromatic rings. The molecule has 4 N–H and O–H groups in total. The molecule has 0 heterocycles. The van der Waals surface area contributed by atoms with Gasteiger partial charge in [-0.25, -0.2) is 4.39 Å². The number of halogens is 1. The molecule has 3 heteroatoms. The molecule has 54 valence electrons. The van der Waals surface area contributed by atoms with E-state index in [4.69, 9.17) is 11.5 Å². The average Bonchev–Trinajstić information content (AvgIpc) is 1.60. The van der Waals surface area contributed by atoms with Crippen LogP contribution in [0.5, 0.6) is 0 Å². The van der Waals surface area contributed by atoms with Crippen LogP contribution in [0.3, 0.4) is 0 Å². The number of alkyl halides is 1. The van der Waals surface area contributed by atoms with Gasteiger partial charge >= 0.3 is 0 Å². The summed E-state index contributed by atoms with van der Waals surface area (Å²) in [7, 11) is 0. The van der Waals surface area contributed by atoms with E-state index in [1.54, 1.807) is 0 Å². The Morgan fingerprint density at radius 1 is 1.56 bits per heavy atom. The van der Waals surface area contributed by atoms with Gasteiger partial charge < -0.3 is 5.73 Å². The van der Waals surface area contributed by atoms with Gasteiger partial charge in [-0.15, -0.1) is 0 Å². The van der Waals surface area contributed by atoms with E-state index < -0.39 is 5.79 Å². The first-order valence-electron chi connectivity index (χ1n) is 3.33. The van der Waals surface area contributed by atoms with Gasteiger partial charge in [0.25, 0.3) is 0 Å². The van der Waals surface area contributed by atoms with E-state index >= 15 is 0 Å². The highest BCUT2D eigenvalue weighted by Crippen LogP contribution is 2.25. The second kappa shape index (κ2) is 2.23. The summed E-state index contributed by atoms with van der Waals surface area (Å²) in [5.41, 5.74) is 10.7. The van der Waals surface area contributed by atoms with Crippen LogP contribution in [0.2, 0.25) is 0 Å². The van der Waals surface area contributed by atoms with Crippen molar-refractivity contribution in [1.29, 1.82) is 0 Å². The predicted molar refractivity (Wildman–Crippen MR) is 34.5 cm³/mol. The molecule has 0 aromatic heterocycles. The molecule has 0 amide bonds. The van der Waals surface area contributed by atoms with Crippen LogP contribution in [-0.2, 0) is 0 Å². The Kier molecular flexibility index (Phi) is 1.73. The van der Waals surface area contributed by atoms with E-state index in [0.29, 0.717) is 12.8 Å². The van der Waals surface area contributed by atoms with Gasteiger partial charge in [-0.1, -0.05) is 0 Å². The summed E-state index contributed by atoms with van der Waals surface area (Å²) in [4.78, 5) is 0. The Hall–Kier alpha value is -0.150. The van der Waals surface area contributed by atoms with Crippen molar-refractivity contribution < 1.29 is 4.39 Å². The highest BCUT2D eigenvalue weighted by Gasteiger charge is 2.30. The maximum Gasteiger partial charge on any atom is 0.160 e. The molecule has 1 aliphatic rings. The van der Waals surface area contributed by atoms with Gasteiger partial charge in [-0.3, -0.25) is 5.73 Å². The maximum absolute atomic E-state index is 12.8. The summed E-state index contributed by atoms with van der Waals surface area (Å²) in [5.74, 6) is -1.47. The third-order valence-electron chi connectivity index (χ3n) is 1.77. The maximum atomic E-state index is 12.8. The third kappa shape index (κ3) is 1.91. The van der Waals surface area contributed by atoms with Gasteiger partial charge in [0, 0.05) is 12.5 Å². The van der Waals surface area contributed by atoms with Crippen molar-refractivity contribution in [2.75, 3.05) is 0 Å². The fourth-order valence-corrected chi connectivity index (χ4v) is 1.30. The van der Waals surface area contributed by atoms with Crippen LogP contribution in [0.1, 0.15) is 25.7 Å². The Morgan fingerprint density at radius 3 is 2.56 bits per heavy atom. The van der Waals surface area contributed by atoms with Crippen LogP contribution in [0.25, 0.3) is 0 Å². The lowest BCUT2D eigenvalue weighted by molar-refractivity contribution is 0.104. The largest absolute Gasteiger partial charge is 0.328 e. The van der Waals surface area contributed by atoms with Gasteiger partial charge in [0.15, 0.2) is 5.79 Å². The third-order valence-corrected chi connectivity index (χ3v) is 1.77. The van der Waals surface area contributed by atoms with Crippen LogP contribution in [0.4, 0.5) is 4.39 Å². The first-order valence-corrected chi connectivity index (χ1v) is 3.33. The van der Waals surface area contributed by atoms with Crippen LogP contribution in [0, 0.1) is 0 Å². The molecular weight excluding hydrogens is 119 g/mol. The minimum Gasteiger partial charge on any atom is -0.328 e. The SMILES string of the molecule is NC1CCCC(N)(F)C1. The van der Waals surface area contributed by atoms with E-state index in [9.17, 15) is 4.39 Å². The molecule has 1 fully saturated rings. The first-order chi connectivity index (χ1) is 4.10. The van der Waals surface area contributed by atoms with Gasteiger partial charge in [-0.2, -0.15) is 0 Å². The zero-order chi connectivity index (χ0) is 6.91. The van der Waals surface area contributed by atoms with Crippen LogP contribution in [0.15, 0.2) is 0 Å². The Balaban J connectivity index is 2.41. The summed E-state index contributed by atoms with van der Waals surface area (Å²) >= 11 is 0. The number of hydrogen-bond donors (Lipinski definition) is 2. The van der Waals surface area contributed by atoms with Crippen molar-refractivity contribution in [3.63, 3.8) is 0 Å². The Morgan fingerprint density at radius 2 is 2.22 bits per heavy atom. The minimum absolute atomic E-state index is 0.0197. The molecule has 0 radical (unpaired) electrons. The predicted octanol–water partition coefficient (Wildman–Crippen LogP) is 0.512. The van der Waals surface area contributed by atoms with Gasteiger partial charge in [0.2, 0.25) is 0 Å². The lowest BCUT2D eigenvalue weighted by Gasteiger charge is -2.28. The highest BCUT2D eigenvalue weighted by atomic mass is 19.1. The molecular formula is C6H13FN2. The molecule has 1 aliphatic carbocycles. The van der Waals surface area contributed by atoms with Crippen molar-refractivity contribution in [2.45, 2.75) is 37.5 Å². The summed E-state index contributed by atoms with van der Waals surface area (Å²) in [6, 6.07) is -0.0197. The molecule has 2 nitrogen and oxygen atoms in total. The van der Waals surface area contributed by atoms with Crippen molar-refractivity contribution in [3.05, 3.63) is 0 Å². The number of nitrogens with two attached hydrogens (primary N) is 2. The summed E-state index contributed by atoms with van der Waals surface area (Å²) in [6.45, 7) is 0. The Bertz CT molecular complexity index is 103. The molecule has 0 spiro atoms. The van der Waals surface area contributed by atoms with Crippen LogP contribution < -0.4 is 11.5 Å². The monoisotopic (exact) mass is 132 g/mol. The van der Waals surface area contributed by atoms with Crippen molar-refractivity contribution in [2.24, 2.45) is 11.5 Å². The van der Waals surface area contributed by atoms with E-state index in [1.165, 1.54) is 0 Å². The molecule has 1 rings (SSSR count). The fourth-order valence-electron chi connectivity index (χ4n) is 1.30. The van der Waals surface area contributed by atoms with E-state index in [1.807, 2.05) is 0 Å². The second-order valence-electron chi connectivity index (χ2n) is 2.89. The Labute approximate surface area is 54.4 Å². The fraction of sp³-hybridized carbons (Fsp3) is 1.00. The molecule has 9 heavy (non-hydrogen) atoms. The second-order valence-corrected chi connectivity index (χ2v) is 2.89. The van der Waals surface area contributed by atoms with E-state index in [2.05, 4.69) is 0 Å². The summed E-state index contributed by atoms with van der Waals surface area (Å²) < 4.78 is 12.8. The van der Waals surface area contributed by atoms with Gasteiger partial charge in [0.05, 0.1) is 0 Å². The minimum atomic E-state index is -1.47. The highest BCUT2D eigenvalue weighted by molar-refractivity contribution is 4.83. The normalized spacial score (nSPS) is 45.0. The smallest absolute Gasteiger partial charge is 0.160 e. The van der Waals surface area contributed by atoms with Crippen molar-refractivity contribution >= 4 is 0 Å². The molecule has 2 atom stereocenters. The molecule has 0 aromatic carbocycles. The quantitative estimate of drug-likeness (QED) is 0.472. The molecule has 0 saturated heterocycles. The van der Waals surface area contributed by atoms with Crippen LogP contribution in [-0.4, -0.2) is 11.8 Å². The average molecular weight is 132 g/mol. The number of hydrogen-bond acceptors (Lipinski definition) is 2. The van der Waals surface area contributed by atoms with Gasteiger partial charge in [0.1, 0.15) is 0 Å². The van der Waals surface area contributed by atoms with Crippen LogP contribution >= 0.6 is 0 Å². The lowest BCUT2D eigenvalue weighted by Crippen LogP contribution is -2.44. The topological polar surface area (TPSA) is 52.0 Å². The molecule has 0 aliphatic heterocycles. The lowest BCUT2D eigenvalue weighted by atomic mass is 9.90. The zero-order valence-electron chi connectivity index (χ0n) is 5.44. The summed E-state index contributed by atoms with van der Waals surface area (Å²) in [6.07, 6.45) is 2.55. The number of rotatable bonds is 0. The van der Waals surface area contributed by atoms with Gasteiger partial charge in [-0.05, 0) is 19.3 Å². The van der Waals surface area contributed by atoms with Crippen molar-refractivity contribution in [1.82, 2.24) is 0 Å². The first kappa shape index (κ1) is 6.96. The standard InChI is InChI=1S/C6H13FN2/c7-6(9)3-1-2-5(8)4-6/h5H,1-4,8-9H2. The zero-order valence-corrected chi connectivity index (χ0v) is 5.44. The van der Waals surface area contributed by atoms with E-state index in [-0.39, 0.29) is 6.04 Å². The molecule has 1 saturated carbocycles.